The second kappa shape index (κ2) is 6.64. The average molecular weight is 346 g/mol. The Balaban J connectivity index is 1.52. The summed E-state index contributed by atoms with van der Waals surface area (Å²) in [6.45, 7) is 0.394. The third kappa shape index (κ3) is 3.18. The number of H-pyrrole nitrogens is 1. The van der Waals surface area contributed by atoms with Crippen molar-refractivity contribution in [1.29, 1.82) is 0 Å². The number of para-hydroxylation sites is 1. The van der Waals surface area contributed by atoms with Crippen LogP contribution in [0.25, 0.3) is 21.8 Å². The monoisotopic (exact) mass is 346 g/mol. The lowest BCUT2D eigenvalue weighted by Crippen LogP contribution is -2.27. The van der Waals surface area contributed by atoms with Crippen LogP contribution in [0, 0.1) is 5.82 Å². The molecule has 130 valence electrons. The summed E-state index contributed by atoms with van der Waals surface area (Å²) in [7, 11) is 1.74. The molecule has 26 heavy (non-hydrogen) atoms. The van der Waals surface area contributed by atoms with Gasteiger partial charge in [0.25, 0.3) is 0 Å². The van der Waals surface area contributed by atoms with Crippen LogP contribution in [0.5, 0.6) is 0 Å². The Morgan fingerprint density at radius 3 is 2.58 bits per heavy atom. The predicted octanol–water partition coefficient (Wildman–Crippen LogP) is 4.66. The number of rotatable bonds is 4. The summed E-state index contributed by atoms with van der Waals surface area (Å²) in [5.41, 5.74) is 3.87. The maximum atomic E-state index is 13.3. The van der Waals surface area contributed by atoms with E-state index in [9.17, 15) is 9.18 Å². The van der Waals surface area contributed by atoms with Crippen molar-refractivity contribution in [3.63, 3.8) is 0 Å². The Morgan fingerprint density at radius 1 is 0.923 bits per heavy atom. The van der Waals surface area contributed by atoms with Crippen LogP contribution in [-0.2, 0) is 17.8 Å². The normalized spacial score (nSPS) is 11.2. The highest BCUT2D eigenvalue weighted by Crippen LogP contribution is 2.26. The van der Waals surface area contributed by atoms with Gasteiger partial charge in [-0.15, -0.1) is 0 Å². The molecule has 0 radical (unpaired) electrons. The molecule has 1 heterocycles. The van der Waals surface area contributed by atoms with Crippen molar-refractivity contribution in [1.82, 2.24) is 9.88 Å². The van der Waals surface area contributed by atoms with Gasteiger partial charge in [0.15, 0.2) is 0 Å². The zero-order valence-corrected chi connectivity index (χ0v) is 14.5. The number of nitrogens with one attached hydrogen (secondary N) is 1. The van der Waals surface area contributed by atoms with E-state index in [0.29, 0.717) is 13.0 Å². The van der Waals surface area contributed by atoms with E-state index < -0.39 is 0 Å². The summed E-state index contributed by atoms with van der Waals surface area (Å²) in [4.78, 5) is 17.6. The number of carbonyl (C=O) groups excluding carboxylic acids is 1. The van der Waals surface area contributed by atoms with Crippen LogP contribution in [0.1, 0.15) is 11.1 Å². The molecular weight excluding hydrogens is 327 g/mol. The van der Waals surface area contributed by atoms with Crippen molar-refractivity contribution in [2.45, 2.75) is 13.0 Å². The van der Waals surface area contributed by atoms with E-state index in [4.69, 9.17) is 0 Å². The number of nitrogens with zero attached hydrogens (tertiary/aromatic N) is 1. The number of likely N-dealkylation sites (N-methyl/N-ethyl adjacent to an activating group) is 1. The van der Waals surface area contributed by atoms with E-state index in [1.165, 1.54) is 17.5 Å². The molecule has 3 nitrogen and oxygen atoms in total. The predicted molar refractivity (Wildman–Crippen MR) is 102 cm³/mol. The van der Waals surface area contributed by atoms with Crippen molar-refractivity contribution in [2.24, 2.45) is 0 Å². The van der Waals surface area contributed by atoms with E-state index in [1.54, 1.807) is 18.0 Å². The third-order valence-electron chi connectivity index (χ3n) is 4.66. The number of benzene rings is 3. The quantitative estimate of drug-likeness (QED) is 0.573. The molecule has 0 aliphatic rings. The van der Waals surface area contributed by atoms with E-state index in [0.717, 1.165) is 27.5 Å². The van der Waals surface area contributed by atoms with Gasteiger partial charge in [-0.25, -0.2) is 4.39 Å². The minimum Gasteiger partial charge on any atom is -0.355 e. The standard InChI is InChI=1S/C22H19FN2O/c1-25(14-16-5-4-6-17(23)11-16)22(26)13-15-9-10-19-18-7-2-3-8-20(18)24-21(19)12-15/h2-12,24H,13-14H2,1H3. The summed E-state index contributed by atoms with van der Waals surface area (Å²) in [5, 5.41) is 2.34. The Labute approximate surface area is 151 Å². The SMILES string of the molecule is CN(Cc1cccc(F)c1)C(=O)Cc1ccc2c(c1)[nH]c1ccccc12. The highest BCUT2D eigenvalue weighted by Gasteiger charge is 2.12. The van der Waals surface area contributed by atoms with Crippen molar-refractivity contribution in [3.05, 3.63) is 83.7 Å². The fourth-order valence-electron chi connectivity index (χ4n) is 3.32. The number of halogens is 1. The van der Waals surface area contributed by atoms with E-state index in [-0.39, 0.29) is 11.7 Å². The summed E-state index contributed by atoms with van der Waals surface area (Å²) in [6.07, 6.45) is 0.317. The van der Waals surface area contributed by atoms with Gasteiger partial charge in [0, 0.05) is 35.4 Å². The van der Waals surface area contributed by atoms with Crippen LogP contribution in [0.3, 0.4) is 0 Å². The molecule has 0 aliphatic heterocycles. The maximum Gasteiger partial charge on any atom is 0.227 e. The lowest BCUT2D eigenvalue weighted by Gasteiger charge is -2.17. The third-order valence-corrected chi connectivity index (χ3v) is 4.66. The Hall–Kier alpha value is -3.14. The van der Waals surface area contributed by atoms with Gasteiger partial charge in [-0.05, 0) is 35.4 Å². The topological polar surface area (TPSA) is 36.1 Å². The zero-order valence-electron chi connectivity index (χ0n) is 14.5. The van der Waals surface area contributed by atoms with Crippen LogP contribution in [-0.4, -0.2) is 22.8 Å². The maximum absolute atomic E-state index is 13.3. The number of amides is 1. The fourth-order valence-corrected chi connectivity index (χ4v) is 3.32. The highest BCUT2D eigenvalue weighted by molar-refractivity contribution is 6.07. The molecule has 0 atom stereocenters. The van der Waals surface area contributed by atoms with Gasteiger partial charge in [0.2, 0.25) is 5.91 Å². The first kappa shape index (κ1) is 16.3. The summed E-state index contributed by atoms with van der Waals surface area (Å²) in [5.74, 6) is -0.280. The van der Waals surface area contributed by atoms with E-state index in [2.05, 4.69) is 17.1 Å². The molecule has 3 aromatic carbocycles. The van der Waals surface area contributed by atoms with Gasteiger partial charge in [0.1, 0.15) is 5.82 Å². The molecule has 0 saturated heterocycles. The van der Waals surface area contributed by atoms with Gasteiger partial charge in [0.05, 0.1) is 6.42 Å². The van der Waals surface area contributed by atoms with Gasteiger partial charge in [-0.1, -0.05) is 42.5 Å². The van der Waals surface area contributed by atoms with Gasteiger partial charge >= 0.3 is 0 Å². The molecule has 4 rings (SSSR count). The molecule has 0 unspecified atom stereocenters. The first-order valence-corrected chi connectivity index (χ1v) is 8.58. The minimum absolute atomic E-state index is 0.00437. The van der Waals surface area contributed by atoms with Crippen LogP contribution in [0.15, 0.2) is 66.7 Å². The zero-order chi connectivity index (χ0) is 18.1. The average Bonchev–Trinajstić information content (AvgIpc) is 2.99. The highest BCUT2D eigenvalue weighted by atomic mass is 19.1. The van der Waals surface area contributed by atoms with E-state index >= 15 is 0 Å². The summed E-state index contributed by atoms with van der Waals surface area (Å²) >= 11 is 0. The molecule has 0 spiro atoms. The van der Waals surface area contributed by atoms with Crippen LogP contribution < -0.4 is 0 Å². The van der Waals surface area contributed by atoms with Crippen LogP contribution in [0.2, 0.25) is 0 Å². The largest absolute Gasteiger partial charge is 0.355 e. The first-order valence-electron chi connectivity index (χ1n) is 8.58. The van der Waals surface area contributed by atoms with Crippen molar-refractivity contribution in [3.8, 4) is 0 Å². The number of hydrogen-bond acceptors (Lipinski definition) is 1. The molecule has 4 heteroatoms. The first-order chi connectivity index (χ1) is 12.6. The number of aromatic amines is 1. The van der Waals surface area contributed by atoms with Crippen molar-refractivity contribution < 1.29 is 9.18 Å². The second-order valence-corrected chi connectivity index (χ2v) is 6.61. The molecule has 0 bridgehead atoms. The molecule has 0 fully saturated rings. The smallest absolute Gasteiger partial charge is 0.227 e. The van der Waals surface area contributed by atoms with E-state index in [1.807, 2.05) is 36.4 Å². The molecule has 0 saturated carbocycles. The van der Waals surface area contributed by atoms with Crippen molar-refractivity contribution in [2.75, 3.05) is 7.05 Å². The van der Waals surface area contributed by atoms with Crippen LogP contribution in [0.4, 0.5) is 4.39 Å². The molecule has 1 amide bonds. The number of carbonyl (C=O) groups is 1. The van der Waals surface area contributed by atoms with Crippen molar-refractivity contribution >= 4 is 27.7 Å². The molecule has 4 aromatic rings. The molecule has 1 aromatic heterocycles. The number of hydrogen-bond donors (Lipinski definition) is 1. The van der Waals surface area contributed by atoms with Crippen LogP contribution >= 0.6 is 0 Å². The number of aromatic nitrogens is 1. The lowest BCUT2D eigenvalue weighted by molar-refractivity contribution is -0.129. The Morgan fingerprint density at radius 2 is 1.73 bits per heavy atom. The number of fused-ring (bicyclic) bond motifs is 3. The summed E-state index contributed by atoms with van der Waals surface area (Å²) < 4.78 is 13.3. The molecule has 0 aliphatic carbocycles. The minimum atomic E-state index is -0.285. The lowest BCUT2D eigenvalue weighted by atomic mass is 10.1. The molecular formula is C22H19FN2O. The van der Waals surface area contributed by atoms with Gasteiger partial charge in [-0.2, -0.15) is 0 Å². The molecule has 1 N–H and O–H groups in total. The van der Waals surface area contributed by atoms with Gasteiger partial charge in [-0.3, -0.25) is 4.79 Å². The second-order valence-electron chi connectivity index (χ2n) is 6.61. The van der Waals surface area contributed by atoms with Gasteiger partial charge < -0.3 is 9.88 Å². The fraction of sp³-hybridized carbons (Fsp3) is 0.136. The Kier molecular flexibility index (Phi) is 4.17. The Bertz CT molecular complexity index is 1100. The summed E-state index contributed by atoms with van der Waals surface area (Å²) in [6, 6.07) is 20.6.